The molecular formula is C21H20BrN3O3. The summed E-state index contributed by atoms with van der Waals surface area (Å²) in [7, 11) is 0. The fourth-order valence-electron chi connectivity index (χ4n) is 3.83. The first-order chi connectivity index (χ1) is 13.4. The van der Waals surface area contributed by atoms with Crippen molar-refractivity contribution in [3.8, 4) is 0 Å². The van der Waals surface area contributed by atoms with Crippen LogP contribution >= 0.6 is 15.9 Å². The summed E-state index contributed by atoms with van der Waals surface area (Å²) >= 11 is 3.50. The summed E-state index contributed by atoms with van der Waals surface area (Å²) in [6, 6.07) is 13.0. The molecule has 1 heterocycles. The maximum atomic E-state index is 13.0. The van der Waals surface area contributed by atoms with Gasteiger partial charge < -0.3 is 14.9 Å². The van der Waals surface area contributed by atoms with Gasteiger partial charge in [-0.2, -0.15) is 0 Å². The monoisotopic (exact) mass is 441 g/mol. The standard InChI is InChI=1S/C21H20BrN3O3/c1-2-25-17-8-7-13(11-16(17)23-19(27)20(25)28)18(26)24-21(9-4-10-21)14-5-3-6-15(22)12-14/h3,5-8,11-12H,2,4,9-10H2,1H3,(H,23,27)(H,24,26). The molecule has 7 heteroatoms. The van der Waals surface area contributed by atoms with Gasteiger partial charge in [0.15, 0.2) is 0 Å². The Bertz CT molecular complexity index is 1190. The van der Waals surface area contributed by atoms with Gasteiger partial charge in [-0.05, 0) is 62.1 Å². The van der Waals surface area contributed by atoms with Crippen LogP contribution in [0.15, 0.2) is 56.5 Å². The molecule has 1 aliphatic rings. The fraction of sp³-hybridized carbons (Fsp3) is 0.286. The fourth-order valence-corrected chi connectivity index (χ4v) is 4.23. The van der Waals surface area contributed by atoms with Crippen LogP contribution in [-0.4, -0.2) is 15.5 Å². The van der Waals surface area contributed by atoms with Gasteiger partial charge in [0.2, 0.25) is 0 Å². The average Bonchev–Trinajstić information content (AvgIpc) is 2.65. The SMILES string of the molecule is CCn1c(=O)c(=O)[nH]c2cc(C(=O)NC3(c4cccc(Br)c4)CCC3)ccc21. The van der Waals surface area contributed by atoms with Crippen molar-refractivity contribution >= 4 is 32.9 Å². The van der Waals surface area contributed by atoms with E-state index in [0.717, 1.165) is 29.3 Å². The predicted molar refractivity (Wildman–Crippen MR) is 112 cm³/mol. The van der Waals surface area contributed by atoms with Gasteiger partial charge in [-0.1, -0.05) is 28.1 Å². The molecule has 4 rings (SSSR count). The third-order valence-electron chi connectivity index (χ3n) is 5.49. The van der Waals surface area contributed by atoms with Crippen LogP contribution in [0.2, 0.25) is 0 Å². The first kappa shape index (κ1) is 18.7. The van der Waals surface area contributed by atoms with Crippen molar-refractivity contribution in [2.45, 2.75) is 38.3 Å². The second-order valence-corrected chi connectivity index (χ2v) is 8.05. The van der Waals surface area contributed by atoms with Gasteiger partial charge in [-0.3, -0.25) is 14.4 Å². The minimum absolute atomic E-state index is 0.198. The van der Waals surface area contributed by atoms with Crippen LogP contribution in [0, 0.1) is 0 Å². The zero-order valence-corrected chi connectivity index (χ0v) is 17.0. The lowest BCUT2D eigenvalue weighted by Crippen LogP contribution is -2.50. The largest absolute Gasteiger partial charge is 0.343 e. The predicted octanol–water partition coefficient (Wildman–Crippen LogP) is 3.28. The van der Waals surface area contributed by atoms with Crippen molar-refractivity contribution in [1.29, 1.82) is 0 Å². The van der Waals surface area contributed by atoms with E-state index < -0.39 is 11.1 Å². The van der Waals surface area contributed by atoms with Crippen LogP contribution in [0.25, 0.3) is 11.0 Å². The van der Waals surface area contributed by atoms with Crippen molar-refractivity contribution in [2.24, 2.45) is 0 Å². The number of halogens is 1. The van der Waals surface area contributed by atoms with Gasteiger partial charge in [0.05, 0.1) is 16.6 Å². The van der Waals surface area contributed by atoms with Gasteiger partial charge in [0.1, 0.15) is 0 Å². The van der Waals surface area contributed by atoms with E-state index >= 15 is 0 Å². The molecule has 2 N–H and O–H groups in total. The number of carbonyl (C=O) groups is 1. The molecule has 1 saturated carbocycles. The third kappa shape index (κ3) is 3.09. The Morgan fingerprint density at radius 2 is 2.00 bits per heavy atom. The second kappa shape index (κ2) is 7.05. The molecule has 0 spiro atoms. The van der Waals surface area contributed by atoms with E-state index in [9.17, 15) is 14.4 Å². The minimum Gasteiger partial charge on any atom is -0.343 e. The summed E-state index contributed by atoms with van der Waals surface area (Å²) < 4.78 is 2.39. The summed E-state index contributed by atoms with van der Waals surface area (Å²) in [6.07, 6.45) is 2.82. The Hall–Kier alpha value is -2.67. The van der Waals surface area contributed by atoms with Gasteiger partial charge >= 0.3 is 11.1 Å². The molecule has 0 unspecified atom stereocenters. The van der Waals surface area contributed by atoms with E-state index in [-0.39, 0.29) is 11.4 Å². The van der Waals surface area contributed by atoms with Crippen LogP contribution in [0.1, 0.15) is 42.1 Å². The zero-order valence-electron chi connectivity index (χ0n) is 15.4. The molecule has 0 radical (unpaired) electrons. The zero-order chi connectivity index (χ0) is 19.9. The topological polar surface area (TPSA) is 84.0 Å². The van der Waals surface area contributed by atoms with E-state index in [1.54, 1.807) is 25.1 Å². The van der Waals surface area contributed by atoms with Gasteiger partial charge in [-0.15, -0.1) is 0 Å². The molecule has 1 fully saturated rings. The summed E-state index contributed by atoms with van der Waals surface area (Å²) in [5, 5.41) is 3.19. The lowest BCUT2D eigenvalue weighted by Gasteiger charge is -2.43. The number of amides is 1. The van der Waals surface area contributed by atoms with E-state index in [1.807, 2.05) is 24.3 Å². The molecule has 28 heavy (non-hydrogen) atoms. The number of nitrogens with one attached hydrogen (secondary N) is 2. The molecule has 144 valence electrons. The molecule has 1 aromatic heterocycles. The lowest BCUT2D eigenvalue weighted by molar-refractivity contribution is 0.0823. The first-order valence-corrected chi connectivity index (χ1v) is 10.1. The average molecular weight is 442 g/mol. The number of hydrogen-bond acceptors (Lipinski definition) is 3. The number of aromatic amines is 1. The Morgan fingerprint density at radius 3 is 2.64 bits per heavy atom. The van der Waals surface area contributed by atoms with E-state index in [0.29, 0.717) is 23.1 Å². The lowest BCUT2D eigenvalue weighted by atomic mass is 9.71. The number of fused-ring (bicyclic) bond motifs is 1. The molecule has 2 aromatic carbocycles. The molecule has 0 bridgehead atoms. The number of aryl methyl sites for hydroxylation is 1. The highest BCUT2D eigenvalue weighted by Gasteiger charge is 2.40. The van der Waals surface area contributed by atoms with Gasteiger partial charge in [0, 0.05) is 16.6 Å². The van der Waals surface area contributed by atoms with Crippen LogP contribution < -0.4 is 16.4 Å². The molecule has 0 saturated heterocycles. The highest BCUT2D eigenvalue weighted by molar-refractivity contribution is 9.10. The van der Waals surface area contributed by atoms with Crippen LogP contribution in [0.3, 0.4) is 0 Å². The molecule has 0 atom stereocenters. The Kier molecular flexibility index (Phi) is 4.71. The van der Waals surface area contributed by atoms with E-state index in [4.69, 9.17) is 0 Å². The maximum Gasteiger partial charge on any atom is 0.316 e. The van der Waals surface area contributed by atoms with Crippen LogP contribution in [0.4, 0.5) is 0 Å². The van der Waals surface area contributed by atoms with E-state index in [2.05, 4.69) is 26.2 Å². The molecule has 6 nitrogen and oxygen atoms in total. The number of carbonyl (C=O) groups excluding carboxylic acids is 1. The van der Waals surface area contributed by atoms with Gasteiger partial charge in [0.25, 0.3) is 5.91 Å². The number of rotatable bonds is 4. The summed E-state index contributed by atoms with van der Waals surface area (Å²) in [5.41, 5.74) is 0.969. The molecular weight excluding hydrogens is 422 g/mol. The van der Waals surface area contributed by atoms with Crippen molar-refractivity contribution in [3.63, 3.8) is 0 Å². The first-order valence-electron chi connectivity index (χ1n) is 9.29. The Balaban J connectivity index is 1.70. The highest BCUT2D eigenvalue weighted by atomic mass is 79.9. The number of aromatic nitrogens is 2. The molecule has 1 aliphatic carbocycles. The number of benzene rings is 2. The van der Waals surface area contributed by atoms with Crippen LogP contribution in [-0.2, 0) is 12.1 Å². The molecule has 0 aliphatic heterocycles. The number of nitrogens with zero attached hydrogens (tertiary/aromatic N) is 1. The highest BCUT2D eigenvalue weighted by Crippen LogP contribution is 2.42. The summed E-state index contributed by atoms with van der Waals surface area (Å²) in [6.45, 7) is 2.19. The van der Waals surface area contributed by atoms with Crippen molar-refractivity contribution in [3.05, 3.63) is 78.8 Å². The summed E-state index contributed by atoms with van der Waals surface area (Å²) in [4.78, 5) is 39.4. The van der Waals surface area contributed by atoms with Gasteiger partial charge in [-0.25, -0.2) is 0 Å². The van der Waals surface area contributed by atoms with Crippen molar-refractivity contribution < 1.29 is 4.79 Å². The maximum absolute atomic E-state index is 13.0. The summed E-state index contributed by atoms with van der Waals surface area (Å²) in [5.74, 6) is -0.198. The third-order valence-corrected chi connectivity index (χ3v) is 5.98. The quantitative estimate of drug-likeness (QED) is 0.609. The minimum atomic E-state index is -0.684. The number of H-pyrrole nitrogens is 1. The van der Waals surface area contributed by atoms with Crippen LogP contribution in [0.5, 0.6) is 0 Å². The van der Waals surface area contributed by atoms with Crippen molar-refractivity contribution in [1.82, 2.24) is 14.9 Å². The Morgan fingerprint density at radius 1 is 1.21 bits per heavy atom. The molecule has 1 amide bonds. The smallest absolute Gasteiger partial charge is 0.316 e. The second-order valence-electron chi connectivity index (χ2n) is 7.14. The normalized spacial score (nSPS) is 15.2. The number of hydrogen-bond donors (Lipinski definition) is 2. The van der Waals surface area contributed by atoms with Crippen molar-refractivity contribution in [2.75, 3.05) is 0 Å². The van der Waals surface area contributed by atoms with E-state index in [1.165, 1.54) is 4.57 Å². The Labute approximate surface area is 169 Å². The molecule has 3 aromatic rings.